The first kappa shape index (κ1) is 31.5. The number of carbonyl (C=O) groups is 2. The maximum Gasteiger partial charge on any atom is 0.424 e. The average molecular weight is 654 g/mol. The van der Waals surface area contributed by atoms with Gasteiger partial charge in [0, 0.05) is 28.5 Å². The molecule has 15 heteroatoms. The third kappa shape index (κ3) is 5.55. The summed E-state index contributed by atoms with van der Waals surface area (Å²) in [5, 5.41) is 12.8. The van der Waals surface area contributed by atoms with Gasteiger partial charge >= 0.3 is 6.18 Å². The van der Waals surface area contributed by atoms with E-state index in [1.807, 2.05) is 0 Å². The Morgan fingerprint density at radius 3 is 2.59 bits per heavy atom. The van der Waals surface area contributed by atoms with Crippen LogP contribution in [0.2, 0.25) is 10.0 Å². The van der Waals surface area contributed by atoms with E-state index in [9.17, 15) is 32.3 Å². The minimum Gasteiger partial charge on any atom is -0.489 e. The van der Waals surface area contributed by atoms with E-state index in [4.69, 9.17) is 39.4 Å². The van der Waals surface area contributed by atoms with E-state index >= 15 is 0 Å². The lowest BCUT2D eigenvalue weighted by Gasteiger charge is -2.31. The highest BCUT2D eigenvalue weighted by Gasteiger charge is 2.57. The van der Waals surface area contributed by atoms with Gasteiger partial charge in [-0.3, -0.25) is 14.6 Å². The van der Waals surface area contributed by atoms with Gasteiger partial charge in [-0.2, -0.15) is 13.2 Å². The largest absolute Gasteiger partial charge is 0.489 e. The molecule has 1 saturated carbocycles. The Kier molecular flexibility index (Phi) is 8.02. The van der Waals surface area contributed by atoms with Crippen molar-refractivity contribution >= 4 is 46.9 Å². The topological polar surface area (TPSA) is 153 Å². The monoisotopic (exact) mass is 653 g/mol. The Bertz CT molecular complexity index is 1720. The fraction of sp³-hybridized carbons (Fsp3) is 0.310. The van der Waals surface area contributed by atoms with E-state index in [-0.39, 0.29) is 51.5 Å². The van der Waals surface area contributed by atoms with Gasteiger partial charge in [0.1, 0.15) is 29.3 Å². The first-order valence-electron chi connectivity index (χ1n) is 13.2. The quantitative estimate of drug-likeness (QED) is 0.157. The number of benzene rings is 2. The van der Waals surface area contributed by atoms with Crippen LogP contribution in [0.15, 0.2) is 41.4 Å². The van der Waals surface area contributed by atoms with Crippen molar-refractivity contribution in [2.75, 3.05) is 18.9 Å². The second-order valence-electron chi connectivity index (χ2n) is 10.8. The normalized spacial score (nSPS) is 19.4. The van der Waals surface area contributed by atoms with Crippen LogP contribution in [0, 0.1) is 5.82 Å². The molecule has 1 aliphatic carbocycles. The van der Waals surface area contributed by atoms with Crippen LogP contribution in [0.3, 0.4) is 0 Å². The number of fused-ring (bicyclic) bond motifs is 1. The van der Waals surface area contributed by atoms with E-state index in [0.717, 1.165) is 25.0 Å². The summed E-state index contributed by atoms with van der Waals surface area (Å²) in [5.41, 5.74) is 4.68. The number of carbonyl (C=O) groups excluding carboxylic acids is 2. The van der Waals surface area contributed by atoms with Crippen molar-refractivity contribution in [3.8, 4) is 17.0 Å². The van der Waals surface area contributed by atoms with Crippen molar-refractivity contribution in [3.05, 3.63) is 74.6 Å². The number of primary amides is 1. The molecular weight excluding hydrogens is 629 g/mol. The standard InChI is InChI=1S/C29H25Cl2F4N5O4/c1-27(26(37)42)12-44-24-17(27)9-20(40-23(24)16-3-2-4-19(32)21(16)31)28(43,29(33,34)35)11-39-25(41)13-7-14(10-38-15-5-6-15)22(36)18(30)8-13/h2-4,7-10,15,43H,5-6,11-12,36H2,1H3,(H2,37,42)(H,39,41)/t27-,28-/m0/s1. The van der Waals surface area contributed by atoms with Gasteiger partial charge < -0.3 is 26.6 Å². The van der Waals surface area contributed by atoms with Gasteiger partial charge in [-0.25, -0.2) is 9.37 Å². The summed E-state index contributed by atoms with van der Waals surface area (Å²) in [5.74, 6) is -3.01. The van der Waals surface area contributed by atoms with Crippen molar-refractivity contribution in [1.82, 2.24) is 10.3 Å². The highest BCUT2D eigenvalue weighted by atomic mass is 35.5. The number of amides is 2. The third-order valence-corrected chi connectivity index (χ3v) is 8.31. The maximum absolute atomic E-state index is 14.7. The Morgan fingerprint density at radius 2 is 1.95 bits per heavy atom. The highest BCUT2D eigenvalue weighted by molar-refractivity contribution is 6.34. The smallest absolute Gasteiger partial charge is 0.424 e. The van der Waals surface area contributed by atoms with Gasteiger partial charge in [-0.05, 0) is 44.0 Å². The molecule has 2 amide bonds. The van der Waals surface area contributed by atoms with Crippen LogP contribution in [0.5, 0.6) is 5.75 Å². The number of hydrogen-bond acceptors (Lipinski definition) is 7. The summed E-state index contributed by atoms with van der Waals surface area (Å²) in [6, 6.07) is 6.99. The fourth-order valence-corrected chi connectivity index (χ4v) is 5.04. The van der Waals surface area contributed by atoms with Gasteiger partial charge in [0.2, 0.25) is 11.5 Å². The minimum absolute atomic E-state index is 0.0244. The number of alkyl halides is 3. The number of aromatic nitrogens is 1. The summed E-state index contributed by atoms with van der Waals surface area (Å²) in [6.07, 6.45) is -2.19. The van der Waals surface area contributed by atoms with Crippen LogP contribution in [0.25, 0.3) is 11.3 Å². The van der Waals surface area contributed by atoms with Crippen LogP contribution < -0.4 is 21.5 Å². The summed E-state index contributed by atoms with van der Waals surface area (Å²) in [6.45, 7) is -0.446. The van der Waals surface area contributed by atoms with Crippen molar-refractivity contribution < 1.29 is 37.0 Å². The molecule has 1 aromatic heterocycles. The molecule has 2 aromatic carbocycles. The number of anilines is 1. The number of halogens is 6. The molecule has 0 spiro atoms. The number of nitrogens with one attached hydrogen (secondary N) is 1. The van der Waals surface area contributed by atoms with E-state index < -0.39 is 52.1 Å². The first-order valence-corrected chi connectivity index (χ1v) is 13.9. The zero-order chi connectivity index (χ0) is 32.2. The van der Waals surface area contributed by atoms with Gasteiger partial charge in [0.25, 0.3) is 5.91 Å². The average Bonchev–Trinajstić information content (AvgIpc) is 3.73. The molecular formula is C29H25Cl2F4N5O4. The first-order chi connectivity index (χ1) is 20.6. The summed E-state index contributed by atoms with van der Waals surface area (Å²) in [4.78, 5) is 33.8. The number of hydrogen-bond donors (Lipinski definition) is 4. The molecule has 0 radical (unpaired) electrons. The number of ether oxygens (including phenoxy) is 1. The van der Waals surface area contributed by atoms with Gasteiger partial charge in [0.05, 0.1) is 34.0 Å². The van der Waals surface area contributed by atoms with E-state index in [1.165, 1.54) is 37.4 Å². The molecule has 3 aromatic rings. The number of nitrogens with zero attached hydrogens (tertiary/aromatic N) is 2. The zero-order valence-electron chi connectivity index (χ0n) is 22.9. The van der Waals surface area contributed by atoms with Crippen LogP contribution in [0.4, 0.5) is 23.2 Å². The Hall–Kier alpha value is -3.94. The molecule has 2 atom stereocenters. The molecule has 44 heavy (non-hydrogen) atoms. The van der Waals surface area contributed by atoms with Crippen molar-refractivity contribution in [2.45, 2.75) is 43.0 Å². The van der Waals surface area contributed by atoms with Gasteiger partial charge in [-0.1, -0.05) is 35.3 Å². The van der Waals surface area contributed by atoms with Crippen LogP contribution in [0.1, 0.15) is 46.9 Å². The number of aliphatic hydroxyl groups is 1. The molecule has 2 heterocycles. The second-order valence-corrected chi connectivity index (χ2v) is 11.6. The number of nitrogens with two attached hydrogens (primary N) is 2. The highest BCUT2D eigenvalue weighted by Crippen LogP contribution is 2.49. The Labute approximate surface area is 258 Å². The Balaban J connectivity index is 1.58. The predicted molar refractivity (Wildman–Crippen MR) is 155 cm³/mol. The van der Waals surface area contributed by atoms with Crippen molar-refractivity contribution in [1.29, 1.82) is 0 Å². The second kappa shape index (κ2) is 11.2. The molecule has 6 N–H and O–H groups in total. The van der Waals surface area contributed by atoms with Gasteiger partial charge in [0.15, 0.2) is 0 Å². The zero-order valence-corrected chi connectivity index (χ0v) is 24.4. The number of aliphatic imine (C=N–C) groups is 1. The summed E-state index contributed by atoms with van der Waals surface area (Å²) < 4.78 is 64.1. The minimum atomic E-state index is -5.42. The SMILES string of the molecule is C[C@]1(C(N)=O)COc2c1cc([C@@](O)(CNC(=O)c1cc(Cl)c(N)c(C=NC3CC3)c1)C(F)(F)F)nc2-c1cccc(F)c1Cl. The lowest BCUT2D eigenvalue weighted by atomic mass is 9.81. The Morgan fingerprint density at radius 1 is 1.25 bits per heavy atom. The molecule has 9 nitrogen and oxygen atoms in total. The molecule has 2 aliphatic rings. The van der Waals surface area contributed by atoms with E-state index in [1.54, 1.807) is 0 Å². The molecule has 0 saturated heterocycles. The predicted octanol–water partition coefficient (Wildman–Crippen LogP) is 4.67. The lowest BCUT2D eigenvalue weighted by molar-refractivity contribution is -0.265. The number of nitrogen functional groups attached to an aromatic ring is 1. The van der Waals surface area contributed by atoms with Crippen LogP contribution >= 0.6 is 23.2 Å². The van der Waals surface area contributed by atoms with Crippen LogP contribution in [-0.2, 0) is 15.8 Å². The van der Waals surface area contributed by atoms with E-state index in [2.05, 4.69) is 15.3 Å². The number of rotatable bonds is 8. The van der Waals surface area contributed by atoms with E-state index in [0.29, 0.717) is 5.56 Å². The third-order valence-electron chi connectivity index (χ3n) is 7.62. The maximum atomic E-state index is 14.7. The molecule has 0 unspecified atom stereocenters. The summed E-state index contributed by atoms with van der Waals surface area (Å²) >= 11 is 12.3. The molecule has 232 valence electrons. The molecule has 1 fully saturated rings. The van der Waals surface area contributed by atoms with Crippen LogP contribution in [-0.4, -0.2) is 53.5 Å². The summed E-state index contributed by atoms with van der Waals surface area (Å²) in [7, 11) is 0. The van der Waals surface area contributed by atoms with Gasteiger partial charge in [-0.15, -0.1) is 0 Å². The lowest BCUT2D eigenvalue weighted by Crippen LogP contribution is -2.51. The molecule has 0 bridgehead atoms. The number of pyridine rings is 1. The molecule has 1 aliphatic heterocycles. The van der Waals surface area contributed by atoms with Crippen molar-refractivity contribution in [2.24, 2.45) is 10.7 Å². The fourth-order valence-electron chi connectivity index (χ4n) is 4.60. The molecule has 5 rings (SSSR count). The van der Waals surface area contributed by atoms with Crippen molar-refractivity contribution in [3.63, 3.8) is 0 Å².